The van der Waals surface area contributed by atoms with E-state index < -0.39 is 5.91 Å². The average molecular weight is 187 g/mol. The summed E-state index contributed by atoms with van der Waals surface area (Å²) in [6.45, 7) is 0. The van der Waals surface area contributed by atoms with E-state index in [0.29, 0.717) is 0 Å². The van der Waals surface area contributed by atoms with Gasteiger partial charge in [-0.15, -0.1) is 0 Å². The lowest BCUT2D eigenvalue weighted by Gasteiger charge is -1.93. The van der Waals surface area contributed by atoms with Crippen LogP contribution in [0.15, 0.2) is 29.3 Å². The van der Waals surface area contributed by atoms with Gasteiger partial charge in [0.1, 0.15) is 5.70 Å². The molecule has 0 radical (unpaired) electrons. The summed E-state index contributed by atoms with van der Waals surface area (Å²) in [4.78, 5) is 15.0. The average Bonchev–Trinajstić information content (AvgIpc) is 2.39. The summed E-state index contributed by atoms with van der Waals surface area (Å²) in [7, 11) is 0. The largest absolute Gasteiger partial charge is 0.364 e. The highest BCUT2D eigenvalue weighted by Crippen LogP contribution is 1.92. The fraction of sp³-hybridized carbons (Fsp3) is 0. The molecule has 1 aliphatic heterocycles. The number of carbonyl (C=O) groups excluding carboxylic acids is 1. The van der Waals surface area contributed by atoms with E-state index in [4.69, 9.17) is 5.73 Å². The standard InChI is InChI=1S/C10H9N3O/c11-10(14)9-8-4-2-1-3-7(8)5-12-6-13-9/h1-6H,(H2,11,14)(H,12,13). The number of aliphatic imine (C=N–C) groups is 1. The minimum absolute atomic E-state index is 0.279. The van der Waals surface area contributed by atoms with Crippen LogP contribution in [0.1, 0.15) is 0 Å². The Morgan fingerprint density at radius 2 is 2.14 bits per heavy atom. The van der Waals surface area contributed by atoms with Gasteiger partial charge in [0.15, 0.2) is 0 Å². The number of hydrogen-bond acceptors (Lipinski definition) is 3. The molecule has 1 aliphatic rings. The van der Waals surface area contributed by atoms with Crippen molar-refractivity contribution in [3.05, 3.63) is 34.7 Å². The van der Waals surface area contributed by atoms with E-state index >= 15 is 0 Å². The molecule has 0 atom stereocenters. The summed E-state index contributed by atoms with van der Waals surface area (Å²) in [6, 6.07) is 7.44. The Morgan fingerprint density at radius 1 is 1.36 bits per heavy atom. The van der Waals surface area contributed by atoms with Crippen LogP contribution in [-0.4, -0.2) is 12.2 Å². The summed E-state index contributed by atoms with van der Waals surface area (Å²) < 4.78 is 0. The highest BCUT2D eigenvalue weighted by atomic mass is 16.1. The number of nitrogens with zero attached hydrogens (tertiary/aromatic N) is 1. The Bertz CT molecular complexity index is 516. The summed E-state index contributed by atoms with van der Waals surface area (Å²) in [5.74, 6) is -0.522. The van der Waals surface area contributed by atoms with Gasteiger partial charge in [0.05, 0.1) is 6.34 Å². The van der Waals surface area contributed by atoms with Crippen molar-refractivity contribution >= 4 is 24.1 Å². The van der Waals surface area contributed by atoms with E-state index in [1.54, 1.807) is 6.20 Å². The van der Waals surface area contributed by atoms with E-state index in [-0.39, 0.29) is 5.70 Å². The van der Waals surface area contributed by atoms with Crippen molar-refractivity contribution in [1.29, 1.82) is 0 Å². The van der Waals surface area contributed by atoms with Crippen molar-refractivity contribution in [3.8, 4) is 0 Å². The first-order chi connectivity index (χ1) is 6.79. The quantitative estimate of drug-likeness (QED) is 0.570. The van der Waals surface area contributed by atoms with Crippen LogP contribution in [0.2, 0.25) is 0 Å². The third-order valence-electron chi connectivity index (χ3n) is 1.96. The molecule has 0 saturated carbocycles. The van der Waals surface area contributed by atoms with Gasteiger partial charge in [-0.2, -0.15) is 0 Å². The fourth-order valence-electron chi connectivity index (χ4n) is 1.33. The summed E-state index contributed by atoms with van der Waals surface area (Å²) >= 11 is 0. The summed E-state index contributed by atoms with van der Waals surface area (Å²) in [6.07, 6.45) is 3.22. The Hall–Kier alpha value is -2.10. The molecular weight excluding hydrogens is 178 g/mol. The zero-order valence-corrected chi connectivity index (χ0v) is 7.40. The number of primary amides is 1. The highest BCUT2D eigenvalue weighted by Gasteiger charge is 2.05. The number of rotatable bonds is 1. The SMILES string of the molecule is NC(=O)C1=c2ccccc2=CNC=N1. The van der Waals surface area contributed by atoms with Gasteiger partial charge in [0, 0.05) is 16.6 Å². The Labute approximate surface area is 80.5 Å². The molecular formula is C10H9N3O. The number of nitrogens with two attached hydrogens (primary N) is 1. The van der Waals surface area contributed by atoms with Crippen LogP contribution in [0, 0.1) is 0 Å². The van der Waals surface area contributed by atoms with Crippen molar-refractivity contribution in [2.45, 2.75) is 0 Å². The van der Waals surface area contributed by atoms with Crippen molar-refractivity contribution < 1.29 is 4.79 Å². The predicted molar refractivity (Wildman–Crippen MR) is 54.4 cm³/mol. The molecule has 1 amide bonds. The smallest absolute Gasteiger partial charge is 0.268 e. The molecule has 0 spiro atoms. The normalized spacial score (nSPS) is 13.6. The van der Waals surface area contributed by atoms with Gasteiger partial charge in [0.25, 0.3) is 5.91 Å². The maximum absolute atomic E-state index is 11.1. The van der Waals surface area contributed by atoms with Crippen LogP contribution >= 0.6 is 0 Å². The second-order valence-electron chi connectivity index (χ2n) is 2.87. The molecule has 0 aromatic heterocycles. The van der Waals surface area contributed by atoms with Crippen LogP contribution in [0.25, 0.3) is 11.9 Å². The third-order valence-corrected chi connectivity index (χ3v) is 1.96. The van der Waals surface area contributed by atoms with E-state index in [1.165, 1.54) is 6.34 Å². The Morgan fingerprint density at radius 3 is 2.93 bits per heavy atom. The molecule has 0 unspecified atom stereocenters. The Kier molecular flexibility index (Phi) is 2.02. The topological polar surface area (TPSA) is 67.5 Å². The van der Waals surface area contributed by atoms with Crippen LogP contribution in [0.4, 0.5) is 0 Å². The van der Waals surface area contributed by atoms with E-state index in [0.717, 1.165) is 10.4 Å². The highest BCUT2D eigenvalue weighted by molar-refractivity contribution is 6.13. The minimum Gasteiger partial charge on any atom is -0.364 e. The maximum atomic E-state index is 11.1. The number of amides is 1. The van der Waals surface area contributed by atoms with Crippen molar-refractivity contribution in [1.82, 2.24) is 5.32 Å². The zero-order chi connectivity index (χ0) is 9.97. The molecule has 2 rings (SSSR count). The van der Waals surface area contributed by atoms with Gasteiger partial charge >= 0.3 is 0 Å². The molecule has 1 heterocycles. The first kappa shape index (κ1) is 8.50. The number of fused-ring (bicyclic) bond motifs is 1. The van der Waals surface area contributed by atoms with Gasteiger partial charge in [-0.25, -0.2) is 4.99 Å². The molecule has 1 aromatic rings. The van der Waals surface area contributed by atoms with Crippen molar-refractivity contribution in [3.63, 3.8) is 0 Å². The first-order valence-electron chi connectivity index (χ1n) is 4.17. The first-order valence-corrected chi connectivity index (χ1v) is 4.17. The molecule has 0 saturated heterocycles. The van der Waals surface area contributed by atoms with Crippen LogP contribution < -0.4 is 21.5 Å². The third kappa shape index (κ3) is 1.37. The molecule has 3 N–H and O–H groups in total. The molecule has 70 valence electrons. The second kappa shape index (κ2) is 3.33. The van der Waals surface area contributed by atoms with Gasteiger partial charge in [-0.05, 0) is 0 Å². The monoisotopic (exact) mass is 187 g/mol. The molecule has 0 aliphatic carbocycles. The lowest BCUT2D eigenvalue weighted by molar-refractivity contribution is -0.113. The molecule has 0 bridgehead atoms. The van der Waals surface area contributed by atoms with Gasteiger partial charge in [-0.1, -0.05) is 24.3 Å². The summed E-state index contributed by atoms with van der Waals surface area (Å²) in [5.41, 5.74) is 5.50. The number of hydrogen-bond donors (Lipinski definition) is 2. The predicted octanol–water partition coefficient (Wildman–Crippen LogP) is -1.35. The molecule has 0 fully saturated rings. The molecule has 14 heavy (non-hydrogen) atoms. The molecule has 1 aromatic carbocycles. The van der Waals surface area contributed by atoms with Crippen LogP contribution in [0.5, 0.6) is 0 Å². The number of benzene rings is 1. The van der Waals surface area contributed by atoms with Crippen LogP contribution in [0.3, 0.4) is 0 Å². The maximum Gasteiger partial charge on any atom is 0.268 e. The lowest BCUT2D eigenvalue weighted by atomic mass is 10.2. The molecule has 4 heteroatoms. The Balaban J connectivity index is 2.88. The van der Waals surface area contributed by atoms with Gasteiger partial charge in [-0.3, -0.25) is 4.79 Å². The number of nitrogens with one attached hydrogen (secondary N) is 1. The van der Waals surface area contributed by atoms with Crippen molar-refractivity contribution in [2.75, 3.05) is 0 Å². The van der Waals surface area contributed by atoms with E-state index in [2.05, 4.69) is 10.3 Å². The van der Waals surface area contributed by atoms with E-state index in [1.807, 2.05) is 24.3 Å². The fourth-order valence-corrected chi connectivity index (χ4v) is 1.33. The second-order valence-corrected chi connectivity index (χ2v) is 2.87. The number of carbonyl (C=O) groups is 1. The van der Waals surface area contributed by atoms with Crippen molar-refractivity contribution in [2.24, 2.45) is 10.7 Å². The minimum atomic E-state index is -0.522. The van der Waals surface area contributed by atoms with E-state index in [9.17, 15) is 4.79 Å². The van der Waals surface area contributed by atoms with Crippen LogP contribution in [-0.2, 0) is 4.79 Å². The van der Waals surface area contributed by atoms with Gasteiger partial charge < -0.3 is 11.1 Å². The lowest BCUT2D eigenvalue weighted by Crippen LogP contribution is -2.30. The van der Waals surface area contributed by atoms with Gasteiger partial charge in [0.2, 0.25) is 0 Å². The summed E-state index contributed by atoms with van der Waals surface area (Å²) in [5, 5.41) is 4.50. The zero-order valence-electron chi connectivity index (χ0n) is 7.40. The molecule has 4 nitrogen and oxygen atoms in total.